The van der Waals surface area contributed by atoms with Gasteiger partial charge in [0.2, 0.25) is 0 Å². The van der Waals surface area contributed by atoms with Gasteiger partial charge in [-0.15, -0.1) is 10.2 Å². The molecular formula is C18H25N5O2S. The highest BCUT2D eigenvalue weighted by Gasteiger charge is 2.26. The molecule has 1 aromatic heterocycles. The highest BCUT2D eigenvalue weighted by Crippen LogP contribution is 2.34. The van der Waals surface area contributed by atoms with E-state index in [1.54, 1.807) is 18.1 Å². The van der Waals surface area contributed by atoms with Crippen molar-refractivity contribution in [3.8, 4) is 0 Å². The number of anilines is 1. The van der Waals surface area contributed by atoms with Crippen molar-refractivity contribution in [2.45, 2.75) is 43.4 Å². The van der Waals surface area contributed by atoms with Crippen molar-refractivity contribution in [3.63, 3.8) is 0 Å². The minimum absolute atomic E-state index is 0.0543. The quantitative estimate of drug-likeness (QED) is 0.830. The summed E-state index contributed by atoms with van der Waals surface area (Å²) in [6.07, 6.45) is 1.80. The Morgan fingerprint density at radius 1 is 1.35 bits per heavy atom. The number of benzene rings is 1. The van der Waals surface area contributed by atoms with Crippen LogP contribution in [0, 0.1) is 0 Å². The number of ether oxygens (including phenoxy) is 1. The van der Waals surface area contributed by atoms with Crippen LogP contribution in [0.3, 0.4) is 0 Å². The van der Waals surface area contributed by atoms with Gasteiger partial charge in [-0.25, -0.2) is 4.79 Å². The van der Waals surface area contributed by atoms with Gasteiger partial charge in [0.15, 0.2) is 5.16 Å². The molecule has 0 radical (unpaired) electrons. The summed E-state index contributed by atoms with van der Waals surface area (Å²) in [6.45, 7) is 7.30. The van der Waals surface area contributed by atoms with Crippen LogP contribution in [0.5, 0.6) is 0 Å². The monoisotopic (exact) mass is 375 g/mol. The Morgan fingerprint density at radius 3 is 2.73 bits per heavy atom. The van der Waals surface area contributed by atoms with E-state index in [0.29, 0.717) is 13.1 Å². The lowest BCUT2D eigenvalue weighted by Crippen LogP contribution is -2.49. The van der Waals surface area contributed by atoms with Gasteiger partial charge in [0.05, 0.1) is 12.2 Å². The zero-order valence-corrected chi connectivity index (χ0v) is 16.4. The molecule has 8 heteroatoms. The van der Waals surface area contributed by atoms with Crippen molar-refractivity contribution < 1.29 is 9.53 Å². The molecule has 3 atom stereocenters. The maximum absolute atomic E-state index is 12.6. The number of carbonyl (C=O) groups is 1. The first-order valence-corrected chi connectivity index (χ1v) is 9.62. The minimum Gasteiger partial charge on any atom is -0.372 e. The van der Waals surface area contributed by atoms with Crippen molar-refractivity contribution >= 4 is 23.5 Å². The zero-order chi connectivity index (χ0) is 18.7. The van der Waals surface area contributed by atoms with Gasteiger partial charge >= 0.3 is 6.03 Å². The van der Waals surface area contributed by atoms with Crippen LogP contribution in [0.4, 0.5) is 10.5 Å². The number of rotatable bonds is 4. The first-order chi connectivity index (χ1) is 12.4. The molecule has 0 spiro atoms. The fourth-order valence-corrected chi connectivity index (χ4v) is 3.93. The van der Waals surface area contributed by atoms with Crippen molar-refractivity contribution in [3.05, 3.63) is 36.2 Å². The van der Waals surface area contributed by atoms with Crippen LogP contribution >= 0.6 is 11.8 Å². The third-order valence-corrected chi connectivity index (χ3v) is 5.47. The van der Waals surface area contributed by atoms with E-state index in [0.717, 1.165) is 16.4 Å². The van der Waals surface area contributed by atoms with Gasteiger partial charge < -0.3 is 19.5 Å². The summed E-state index contributed by atoms with van der Waals surface area (Å²) in [7, 11) is 1.93. The molecule has 2 amide bonds. The number of hydrogen-bond acceptors (Lipinski definition) is 5. The summed E-state index contributed by atoms with van der Waals surface area (Å²) in [5.41, 5.74) is 1.92. The molecule has 0 saturated carbocycles. The third kappa shape index (κ3) is 4.56. The number of urea groups is 1. The van der Waals surface area contributed by atoms with E-state index in [1.807, 2.05) is 48.6 Å². The minimum atomic E-state index is -0.0854. The van der Waals surface area contributed by atoms with Gasteiger partial charge in [-0.05, 0) is 38.5 Å². The summed E-state index contributed by atoms with van der Waals surface area (Å²) in [5.74, 6) is 0. The van der Waals surface area contributed by atoms with Crippen molar-refractivity contribution in [2.75, 3.05) is 18.4 Å². The summed E-state index contributed by atoms with van der Waals surface area (Å²) >= 11 is 1.64. The molecule has 3 rings (SSSR count). The summed E-state index contributed by atoms with van der Waals surface area (Å²) < 4.78 is 7.59. The maximum Gasteiger partial charge on any atom is 0.322 e. The highest BCUT2D eigenvalue weighted by molar-refractivity contribution is 7.99. The highest BCUT2D eigenvalue weighted by atomic mass is 32.2. The molecule has 0 aliphatic carbocycles. The third-order valence-electron chi connectivity index (χ3n) is 4.27. The van der Waals surface area contributed by atoms with E-state index in [-0.39, 0.29) is 23.5 Å². The number of morpholine rings is 1. The topological polar surface area (TPSA) is 72.3 Å². The summed E-state index contributed by atoms with van der Waals surface area (Å²) in [6, 6.07) is 7.86. The standard InChI is InChI=1S/C18H25N5O2S/c1-12-9-23(10-13(2)25-12)17(24)20-16-7-5-6-15(8-16)14(3)26-18-21-19-11-22(18)4/h5-8,11-14H,9-10H2,1-4H3,(H,20,24)/t12?,13?,14-/m0/s1. The predicted octanol–water partition coefficient (Wildman–Crippen LogP) is 3.31. The Morgan fingerprint density at radius 2 is 2.08 bits per heavy atom. The van der Waals surface area contributed by atoms with Gasteiger partial charge in [-0.1, -0.05) is 23.9 Å². The molecule has 1 fully saturated rings. The van der Waals surface area contributed by atoms with E-state index >= 15 is 0 Å². The molecule has 2 heterocycles. The van der Waals surface area contributed by atoms with Gasteiger partial charge in [0, 0.05) is 31.1 Å². The van der Waals surface area contributed by atoms with E-state index in [4.69, 9.17) is 4.74 Å². The average Bonchev–Trinajstić information content (AvgIpc) is 2.99. The van der Waals surface area contributed by atoms with Crippen LogP contribution < -0.4 is 5.32 Å². The molecule has 1 saturated heterocycles. The second kappa shape index (κ2) is 8.09. The number of nitrogens with one attached hydrogen (secondary N) is 1. The fourth-order valence-electron chi connectivity index (χ4n) is 3.02. The second-order valence-electron chi connectivity index (χ2n) is 6.70. The van der Waals surface area contributed by atoms with Crippen LogP contribution in [0.2, 0.25) is 0 Å². The molecule has 0 bridgehead atoms. The molecule has 2 unspecified atom stereocenters. The van der Waals surface area contributed by atoms with Crippen LogP contribution in [0.25, 0.3) is 0 Å². The number of nitrogens with zero attached hydrogens (tertiary/aromatic N) is 4. The Labute approximate surface area is 158 Å². The van der Waals surface area contributed by atoms with Gasteiger partial charge in [-0.3, -0.25) is 0 Å². The molecule has 140 valence electrons. The van der Waals surface area contributed by atoms with Gasteiger partial charge in [0.25, 0.3) is 0 Å². The SMILES string of the molecule is CC1CN(C(=O)Nc2cccc([C@H](C)Sc3nncn3C)c2)CC(C)O1. The van der Waals surface area contributed by atoms with Crippen molar-refractivity contribution in [2.24, 2.45) is 7.05 Å². The molecule has 1 aliphatic heterocycles. The van der Waals surface area contributed by atoms with E-state index in [9.17, 15) is 4.79 Å². The molecule has 7 nitrogen and oxygen atoms in total. The van der Waals surface area contributed by atoms with Crippen LogP contribution in [0.1, 0.15) is 31.6 Å². The molecule has 1 aromatic carbocycles. The van der Waals surface area contributed by atoms with Crippen molar-refractivity contribution in [1.29, 1.82) is 0 Å². The molecule has 2 aromatic rings. The fraction of sp³-hybridized carbons (Fsp3) is 0.500. The first kappa shape index (κ1) is 18.7. The molecular weight excluding hydrogens is 350 g/mol. The van der Waals surface area contributed by atoms with E-state index in [2.05, 4.69) is 28.5 Å². The number of thioether (sulfide) groups is 1. The van der Waals surface area contributed by atoms with Crippen LogP contribution in [-0.4, -0.2) is 51.0 Å². The number of carbonyl (C=O) groups excluding carboxylic acids is 1. The summed E-state index contributed by atoms with van der Waals surface area (Å²) in [4.78, 5) is 14.4. The largest absolute Gasteiger partial charge is 0.372 e. The lowest BCUT2D eigenvalue weighted by molar-refractivity contribution is -0.0530. The van der Waals surface area contributed by atoms with Gasteiger partial charge in [-0.2, -0.15) is 0 Å². The van der Waals surface area contributed by atoms with Gasteiger partial charge in [0.1, 0.15) is 6.33 Å². The average molecular weight is 375 g/mol. The smallest absolute Gasteiger partial charge is 0.322 e. The van der Waals surface area contributed by atoms with E-state index in [1.165, 1.54) is 0 Å². The normalized spacial score (nSPS) is 21.5. The predicted molar refractivity (Wildman–Crippen MR) is 102 cm³/mol. The molecule has 1 N–H and O–H groups in total. The number of aromatic nitrogens is 3. The van der Waals surface area contributed by atoms with E-state index < -0.39 is 0 Å². The first-order valence-electron chi connectivity index (χ1n) is 8.74. The zero-order valence-electron chi connectivity index (χ0n) is 15.5. The Bertz CT molecular complexity index is 756. The maximum atomic E-state index is 12.6. The number of amides is 2. The Hall–Kier alpha value is -2.06. The lowest BCUT2D eigenvalue weighted by atomic mass is 10.1. The molecule has 26 heavy (non-hydrogen) atoms. The van der Waals surface area contributed by atoms with Crippen LogP contribution in [0.15, 0.2) is 35.7 Å². The Kier molecular flexibility index (Phi) is 5.83. The molecule has 1 aliphatic rings. The van der Waals surface area contributed by atoms with Crippen LogP contribution in [-0.2, 0) is 11.8 Å². The lowest BCUT2D eigenvalue weighted by Gasteiger charge is -2.35. The van der Waals surface area contributed by atoms with Crippen molar-refractivity contribution in [1.82, 2.24) is 19.7 Å². The number of aryl methyl sites for hydroxylation is 1. The summed E-state index contributed by atoms with van der Waals surface area (Å²) in [5, 5.41) is 12.1. The Balaban J connectivity index is 1.65. The number of hydrogen-bond donors (Lipinski definition) is 1. The second-order valence-corrected chi connectivity index (χ2v) is 8.01.